The van der Waals surface area contributed by atoms with Crippen molar-refractivity contribution in [2.75, 3.05) is 20.3 Å². The molecule has 1 amide bonds. The van der Waals surface area contributed by atoms with Crippen molar-refractivity contribution in [3.63, 3.8) is 0 Å². The Balaban J connectivity index is 2.49. The lowest BCUT2D eigenvalue weighted by Gasteiger charge is -2.23. The number of amides is 1. The average Bonchev–Trinajstić information content (AvgIpc) is 2.40. The van der Waals surface area contributed by atoms with Crippen LogP contribution >= 0.6 is 0 Å². The molecule has 1 unspecified atom stereocenters. The summed E-state index contributed by atoms with van der Waals surface area (Å²) in [4.78, 5) is 13.4. The summed E-state index contributed by atoms with van der Waals surface area (Å²) in [5.41, 5.74) is 2.15. The van der Waals surface area contributed by atoms with E-state index in [2.05, 4.69) is 0 Å². The molecular formula is C15H23NO3. The Kier molecular flexibility index (Phi) is 5.83. The fourth-order valence-corrected chi connectivity index (χ4v) is 1.81. The second-order valence-corrected chi connectivity index (χ2v) is 4.86. The molecule has 1 atom stereocenters. The number of hydrogen-bond donors (Lipinski definition) is 1. The largest absolute Gasteiger partial charge is 0.493 e. The molecule has 19 heavy (non-hydrogen) atoms. The van der Waals surface area contributed by atoms with Gasteiger partial charge in [0, 0.05) is 7.05 Å². The molecule has 0 spiro atoms. The number of para-hydroxylation sites is 1. The number of rotatable bonds is 6. The van der Waals surface area contributed by atoms with Crippen molar-refractivity contribution in [3.8, 4) is 5.75 Å². The van der Waals surface area contributed by atoms with E-state index in [1.807, 2.05) is 39.0 Å². The van der Waals surface area contributed by atoms with Gasteiger partial charge < -0.3 is 14.7 Å². The summed E-state index contributed by atoms with van der Waals surface area (Å²) in [6.07, 6.45) is 0.314. The smallest absolute Gasteiger partial charge is 0.226 e. The van der Waals surface area contributed by atoms with E-state index in [0.717, 1.165) is 16.9 Å². The summed E-state index contributed by atoms with van der Waals surface area (Å²) in [7, 11) is 1.70. The van der Waals surface area contributed by atoms with Gasteiger partial charge in [0.1, 0.15) is 5.75 Å². The Morgan fingerprint density at radius 1 is 1.37 bits per heavy atom. The van der Waals surface area contributed by atoms with Gasteiger partial charge in [-0.25, -0.2) is 0 Å². The lowest BCUT2D eigenvalue weighted by Crippen LogP contribution is -2.37. The van der Waals surface area contributed by atoms with Crippen molar-refractivity contribution in [1.29, 1.82) is 0 Å². The zero-order valence-corrected chi connectivity index (χ0v) is 12.1. The van der Waals surface area contributed by atoms with Crippen LogP contribution < -0.4 is 4.74 Å². The standard InChI is InChI=1S/C15H23NO3/c1-11-6-5-7-12(2)15(11)19-9-8-14(18)16(4)13(3)10-17/h5-7,13,17H,8-10H2,1-4H3. The van der Waals surface area contributed by atoms with Gasteiger partial charge in [-0.2, -0.15) is 0 Å². The summed E-state index contributed by atoms with van der Waals surface area (Å²) < 4.78 is 5.69. The highest BCUT2D eigenvalue weighted by atomic mass is 16.5. The number of likely N-dealkylation sites (N-methyl/N-ethyl adjacent to an activating group) is 1. The molecule has 0 aromatic heterocycles. The number of hydrogen-bond acceptors (Lipinski definition) is 3. The third-order valence-corrected chi connectivity index (χ3v) is 3.29. The van der Waals surface area contributed by atoms with Crippen molar-refractivity contribution >= 4 is 5.91 Å². The van der Waals surface area contributed by atoms with Crippen molar-refractivity contribution in [3.05, 3.63) is 29.3 Å². The van der Waals surface area contributed by atoms with Crippen LogP contribution in [0, 0.1) is 13.8 Å². The number of nitrogens with zero attached hydrogens (tertiary/aromatic N) is 1. The van der Waals surface area contributed by atoms with Gasteiger partial charge in [-0.15, -0.1) is 0 Å². The van der Waals surface area contributed by atoms with Gasteiger partial charge in [0.15, 0.2) is 0 Å². The lowest BCUT2D eigenvalue weighted by molar-refractivity contribution is -0.132. The van der Waals surface area contributed by atoms with E-state index in [1.54, 1.807) is 11.9 Å². The third-order valence-electron chi connectivity index (χ3n) is 3.29. The van der Waals surface area contributed by atoms with Crippen molar-refractivity contribution in [2.45, 2.75) is 33.2 Å². The molecule has 0 aliphatic rings. The molecule has 4 nitrogen and oxygen atoms in total. The number of aryl methyl sites for hydroxylation is 2. The summed E-state index contributed by atoms with van der Waals surface area (Å²) in [5, 5.41) is 9.01. The fourth-order valence-electron chi connectivity index (χ4n) is 1.81. The molecule has 4 heteroatoms. The van der Waals surface area contributed by atoms with E-state index in [0.29, 0.717) is 13.0 Å². The molecule has 0 saturated heterocycles. The summed E-state index contributed by atoms with van der Waals surface area (Å²) >= 11 is 0. The second-order valence-electron chi connectivity index (χ2n) is 4.86. The highest BCUT2D eigenvalue weighted by Gasteiger charge is 2.14. The quantitative estimate of drug-likeness (QED) is 0.855. The number of ether oxygens (including phenoxy) is 1. The second kappa shape index (κ2) is 7.14. The molecule has 0 heterocycles. The Morgan fingerprint density at radius 3 is 2.47 bits per heavy atom. The monoisotopic (exact) mass is 265 g/mol. The van der Waals surface area contributed by atoms with Crippen LogP contribution in [0.15, 0.2) is 18.2 Å². The number of carbonyl (C=O) groups excluding carboxylic acids is 1. The summed E-state index contributed by atoms with van der Waals surface area (Å²) in [6.45, 7) is 6.12. The molecule has 0 aliphatic heterocycles. The number of benzene rings is 1. The molecule has 0 radical (unpaired) electrons. The minimum absolute atomic E-state index is 0.0206. The van der Waals surface area contributed by atoms with Crippen LogP contribution in [-0.4, -0.2) is 42.2 Å². The van der Waals surface area contributed by atoms with E-state index in [4.69, 9.17) is 9.84 Å². The van der Waals surface area contributed by atoms with Crippen LogP contribution in [0.3, 0.4) is 0 Å². The van der Waals surface area contributed by atoms with Gasteiger partial charge in [-0.3, -0.25) is 4.79 Å². The Bertz CT molecular complexity index is 411. The van der Waals surface area contributed by atoms with Gasteiger partial charge in [0.2, 0.25) is 5.91 Å². The van der Waals surface area contributed by atoms with E-state index < -0.39 is 0 Å². The fraction of sp³-hybridized carbons (Fsp3) is 0.533. The molecule has 106 valence electrons. The summed E-state index contributed by atoms with van der Waals surface area (Å²) in [5.74, 6) is 0.834. The van der Waals surface area contributed by atoms with Gasteiger partial charge in [0.25, 0.3) is 0 Å². The number of carbonyl (C=O) groups is 1. The molecule has 1 aromatic rings. The van der Waals surface area contributed by atoms with Gasteiger partial charge in [-0.1, -0.05) is 18.2 Å². The molecule has 0 fully saturated rings. The van der Waals surface area contributed by atoms with Crippen molar-refractivity contribution in [1.82, 2.24) is 4.90 Å². The summed E-state index contributed by atoms with van der Waals surface area (Å²) in [6, 6.07) is 5.81. The Labute approximate surface area is 115 Å². The van der Waals surface area contributed by atoms with Crippen molar-refractivity contribution < 1.29 is 14.6 Å². The van der Waals surface area contributed by atoms with Crippen LogP contribution in [0.1, 0.15) is 24.5 Å². The first-order valence-corrected chi connectivity index (χ1v) is 6.53. The molecule has 0 aliphatic carbocycles. The first-order chi connectivity index (χ1) is 8.97. The minimum atomic E-state index is -0.160. The number of aliphatic hydroxyl groups excluding tert-OH is 1. The first-order valence-electron chi connectivity index (χ1n) is 6.53. The zero-order valence-electron chi connectivity index (χ0n) is 12.1. The molecule has 1 N–H and O–H groups in total. The first kappa shape index (κ1) is 15.5. The van der Waals surface area contributed by atoms with Gasteiger partial charge in [0.05, 0.1) is 25.7 Å². The average molecular weight is 265 g/mol. The maximum Gasteiger partial charge on any atom is 0.226 e. The highest BCUT2D eigenvalue weighted by Crippen LogP contribution is 2.22. The maximum absolute atomic E-state index is 11.8. The van der Waals surface area contributed by atoms with E-state index in [-0.39, 0.29) is 18.6 Å². The van der Waals surface area contributed by atoms with Gasteiger partial charge >= 0.3 is 0 Å². The molecule has 1 rings (SSSR count). The number of aliphatic hydroxyl groups is 1. The Morgan fingerprint density at radius 2 is 1.95 bits per heavy atom. The predicted octanol–water partition coefficient (Wildman–Crippen LogP) is 1.91. The van der Waals surface area contributed by atoms with E-state index in [1.165, 1.54) is 0 Å². The molecule has 1 aromatic carbocycles. The van der Waals surface area contributed by atoms with Crippen molar-refractivity contribution in [2.24, 2.45) is 0 Å². The van der Waals surface area contributed by atoms with Crippen LogP contribution in [0.25, 0.3) is 0 Å². The van der Waals surface area contributed by atoms with Gasteiger partial charge in [-0.05, 0) is 31.9 Å². The van der Waals surface area contributed by atoms with Crippen LogP contribution in [0.2, 0.25) is 0 Å². The maximum atomic E-state index is 11.8. The Hall–Kier alpha value is -1.55. The van der Waals surface area contributed by atoms with Crippen LogP contribution in [0.5, 0.6) is 5.75 Å². The molecule has 0 bridgehead atoms. The highest BCUT2D eigenvalue weighted by molar-refractivity contribution is 5.76. The van der Waals surface area contributed by atoms with Crippen LogP contribution in [-0.2, 0) is 4.79 Å². The SMILES string of the molecule is Cc1cccc(C)c1OCCC(=O)N(C)C(C)CO. The zero-order chi connectivity index (χ0) is 14.4. The third kappa shape index (κ3) is 4.24. The lowest BCUT2D eigenvalue weighted by atomic mass is 10.1. The van der Waals surface area contributed by atoms with E-state index in [9.17, 15) is 4.79 Å². The molecular weight excluding hydrogens is 242 g/mol. The minimum Gasteiger partial charge on any atom is -0.493 e. The molecule has 0 saturated carbocycles. The van der Waals surface area contributed by atoms with E-state index >= 15 is 0 Å². The normalized spacial score (nSPS) is 12.1. The van der Waals surface area contributed by atoms with Crippen LogP contribution in [0.4, 0.5) is 0 Å². The predicted molar refractivity (Wildman–Crippen MR) is 75.3 cm³/mol. The topological polar surface area (TPSA) is 49.8 Å².